The van der Waals surface area contributed by atoms with Gasteiger partial charge in [0.25, 0.3) is 5.56 Å². The van der Waals surface area contributed by atoms with Crippen molar-refractivity contribution in [3.63, 3.8) is 0 Å². The minimum atomic E-state index is -0.347. The summed E-state index contributed by atoms with van der Waals surface area (Å²) in [6.07, 6.45) is -0.0491. The Balaban J connectivity index is 1.51. The van der Waals surface area contributed by atoms with Gasteiger partial charge in [0.05, 0.1) is 44.0 Å². The summed E-state index contributed by atoms with van der Waals surface area (Å²) in [5.74, 6) is 1.62. The average molecular weight is 535 g/mol. The number of hydrogen-bond acceptors (Lipinski definition) is 8. The number of nitrogens with one attached hydrogen (secondary N) is 1. The zero-order chi connectivity index (χ0) is 27.0. The Labute approximate surface area is 221 Å². The number of amides is 1. The van der Waals surface area contributed by atoms with Crippen LogP contribution >= 0.6 is 11.6 Å². The zero-order valence-electron chi connectivity index (χ0n) is 21.0. The lowest BCUT2D eigenvalue weighted by molar-refractivity contribution is -0.115. The molecule has 0 aliphatic heterocycles. The molecule has 3 aromatic heterocycles. The van der Waals surface area contributed by atoms with E-state index in [1.165, 1.54) is 25.9 Å². The molecule has 0 bridgehead atoms. The van der Waals surface area contributed by atoms with E-state index in [2.05, 4.69) is 15.5 Å². The molecule has 0 aliphatic rings. The molecule has 1 amide bonds. The maximum Gasteiger partial charge on any atom is 0.269 e. The van der Waals surface area contributed by atoms with Crippen molar-refractivity contribution in [1.82, 2.24) is 14.7 Å². The third-order valence-corrected chi connectivity index (χ3v) is 6.38. The van der Waals surface area contributed by atoms with Crippen LogP contribution < -0.4 is 25.1 Å². The standard InChI is InChI=1S/C27H23ClN4O6/c1-14-23-25(31-38-14)24-17(28)8-6-9-18(24)32(27(23)34)21-10-5-7-15(29-21)13-22(33)30-16-11-19(35-2)26(37-4)20(12-16)36-3/h5-12H,13H2,1-4H3,(H,30,33). The Morgan fingerprint density at radius 2 is 1.74 bits per heavy atom. The average Bonchev–Trinajstić information content (AvgIpc) is 3.29. The van der Waals surface area contributed by atoms with Crippen molar-refractivity contribution < 1.29 is 23.5 Å². The first kappa shape index (κ1) is 25.1. The lowest BCUT2D eigenvalue weighted by Gasteiger charge is -2.15. The number of rotatable bonds is 7. The lowest BCUT2D eigenvalue weighted by atomic mass is 10.1. The Morgan fingerprint density at radius 1 is 1.03 bits per heavy atom. The van der Waals surface area contributed by atoms with Crippen LogP contribution in [0, 0.1) is 6.92 Å². The van der Waals surface area contributed by atoms with Crippen molar-refractivity contribution in [3.05, 3.63) is 75.4 Å². The highest BCUT2D eigenvalue weighted by atomic mass is 35.5. The van der Waals surface area contributed by atoms with Crippen LogP contribution in [0.2, 0.25) is 5.02 Å². The molecule has 2 aromatic carbocycles. The van der Waals surface area contributed by atoms with Gasteiger partial charge in [-0.1, -0.05) is 28.9 Å². The second kappa shape index (κ2) is 10.1. The number of aromatic nitrogens is 3. The predicted octanol–water partition coefficient (Wildman–Crippen LogP) is 4.70. The third-order valence-electron chi connectivity index (χ3n) is 6.06. The highest BCUT2D eigenvalue weighted by Gasteiger charge is 2.21. The summed E-state index contributed by atoms with van der Waals surface area (Å²) in [7, 11) is 4.49. The molecule has 0 saturated carbocycles. The predicted molar refractivity (Wildman–Crippen MR) is 143 cm³/mol. The van der Waals surface area contributed by atoms with Gasteiger partial charge in [-0.25, -0.2) is 4.98 Å². The first-order valence-electron chi connectivity index (χ1n) is 11.5. The highest BCUT2D eigenvalue weighted by molar-refractivity contribution is 6.37. The molecule has 0 atom stereocenters. The smallest absolute Gasteiger partial charge is 0.269 e. The molecule has 11 heteroatoms. The van der Waals surface area contributed by atoms with Crippen molar-refractivity contribution in [2.75, 3.05) is 26.6 Å². The number of benzene rings is 2. The van der Waals surface area contributed by atoms with Gasteiger partial charge in [0.1, 0.15) is 22.5 Å². The minimum Gasteiger partial charge on any atom is -0.493 e. The monoisotopic (exact) mass is 534 g/mol. The van der Waals surface area contributed by atoms with Crippen molar-refractivity contribution in [2.45, 2.75) is 13.3 Å². The number of methoxy groups -OCH3 is 3. The highest BCUT2D eigenvalue weighted by Crippen LogP contribution is 2.40. The van der Waals surface area contributed by atoms with Crippen molar-refractivity contribution in [1.29, 1.82) is 0 Å². The summed E-state index contributed by atoms with van der Waals surface area (Å²) in [6.45, 7) is 1.67. The maximum atomic E-state index is 13.6. The molecule has 0 spiro atoms. The molecule has 0 fully saturated rings. The quantitative estimate of drug-likeness (QED) is 0.319. The van der Waals surface area contributed by atoms with Gasteiger partial charge in [0, 0.05) is 23.2 Å². The molecule has 0 aliphatic carbocycles. The van der Waals surface area contributed by atoms with Gasteiger partial charge in [0.15, 0.2) is 11.5 Å². The van der Waals surface area contributed by atoms with Crippen LogP contribution in [-0.2, 0) is 11.2 Å². The van der Waals surface area contributed by atoms with Crippen molar-refractivity contribution in [3.8, 4) is 23.1 Å². The van der Waals surface area contributed by atoms with E-state index in [1.54, 1.807) is 55.5 Å². The van der Waals surface area contributed by atoms with Crippen LogP contribution in [0.25, 0.3) is 27.6 Å². The van der Waals surface area contributed by atoms with E-state index in [0.29, 0.717) is 67.0 Å². The number of ether oxygens (including phenoxy) is 3. The van der Waals surface area contributed by atoms with Crippen LogP contribution in [0.1, 0.15) is 11.5 Å². The minimum absolute atomic E-state index is 0.0491. The molecule has 3 heterocycles. The number of anilines is 1. The number of carbonyl (C=O) groups excluding carboxylic acids is 1. The topological polar surface area (TPSA) is 118 Å². The van der Waals surface area contributed by atoms with Gasteiger partial charge >= 0.3 is 0 Å². The van der Waals surface area contributed by atoms with E-state index >= 15 is 0 Å². The molecular weight excluding hydrogens is 512 g/mol. The molecule has 5 rings (SSSR count). The van der Waals surface area contributed by atoms with Crippen LogP contribution in [0.3, 0.4) is 0 Å². The number of halogens is 1. The fraction of sp³-hybridized carbons (Fsp3) is 0.185. The second-order valence-electron chi connectivity index (χ2n) is 8.36. The Hall–Kier alpha value is -4.57. The normalized spacial score (nSPS) is 11.1. The Morgan fingerprint density at radius 3 is 2.42 bits per heavy atom. The van der Waals surface area contributed by atoms with Gasteiger partial charge in [-0.15, -0.1) is 0 Å². The van der Waals surface area contributed by atoms with E-state index < -0.39 is 0 Å². The van der Waals surface area contributed by atoms with Crippen LogP contribution in [0.4, 0.5) is 5.69 Å². The first-order chi connectivity index (χ1) is 18.4. The summed E-state index contributed by atoms with van der Waals surface area (Å²) >= 11 is 6.50. The van der Waals surface area contributed by atoms with E-state index in [0.717, 1.165) is 0 Å². The summed E-state index contributed by atoms with van der Waals surface area (Å²) in [4.78, 5) is 31.1. The first-order valence-corrected chi connectivity index (χ1v) is 11.9. The molecule has 0 radical (unpaired) electrons. The second-order valence-corrected chi connectivity index (χ2v) is 8.77. The van der Waals surface area contributed by atoms with Gasteiger partial charge < -0.3 is 24.1 Å². The van der Waals surface area contributed by atoms with E-state index in [1.807, 2.05) is 0 Å². The van der Waals surface area contributed by atoms with Gasteiger partial charge in [-0.2, -0.15) is 0 Å². The summed E-state index contributed by atoms with van der Waals surface area (Å²) in [6, 6.07) is 13.6. The van der Waals surface area contributed by atoms with Gasteiger partial charge in [0.2, 0.25) is 11.7 Å². The fourth-order valence-electron chi connectivity index (χ4n) is 4.39. The van der Waals surface area contributed by atoms with E-state index in [9.17, 15) is 9.59 Å². The number of pyridine rings is 2. The number of nitrogens with zero attached hydrogens (tertiary/aromatic N) is 3. The molecule has 5 aromatic rings. The summed E-state index contributed by atoms with van der Waals surface area (Å²) in [5, 5.41) is 8.21. The van der Waals surface area contributed by atoms with E-state index in [-0.39, 0.29) is 17.9 Å². The Bertz CT molecular complexity index is 1740. The van der Waals surface area contributed by atoms with Crippen LogP contribution in [-0.4, -0.2) is 41.9 Å². The molecular formula is C27H23ClN4O6. The molecule has 0 unspecified atom stereocenters. The van der Waals surface area contributed by atoms with E-state index in [4.69, 9.17) is 30.3 Å². The summed E-state index contributed by atoms with van der Waals surface area (Å²) in [5.41, 5.74) is 1.49. The lowest BCUT2D eigenvalue weighted by Crippen LogP contribution is -2.21. The number of aryl methyl sites for hydroxylation is 1. The van der Waals surface area contributed by atoms with Crippen molar-refractivity contribution in [2.24, 2.45) is 0 Å². The number of carbonyl (C=O) groups is 1. The van der Waals surface area contributed by atoms with Crippen LogP contribution in [0.5, 0.6) is 17.2 Å². The summed E-state index contributed by atoms with van der Waals surface area (Å²) < 4.78 is 22.8. The molecule has 1 N–H and O–H groups in total. The molecule has 38 heavy (non-hydrogen) atoms. The number of hydrogen-bond donors (Lipinski definition) is 1. The van der Waals surface area contributed by atoms with Crippen LogP contribution in [0.15, 0.2) is 57.8 Å². The van der Waals surface area contributed by atoms with Gasteiger partial charge in [-0.05, 0) is 31.2 Å². The molecule has 194 valence electrons. The van der Waals surface area contributed by atoms with Crippen molar-refractivity contribution >= 4 is 45.0 Å². The maximum absolute atomic E-state index is 13.6. The SMILES string of the molecule is COc1cc(NC(=O)Cc2cccc(-n3c(=O)c4c(C)onc4c4c(Cl)cccc43)n2)cc(OC)c1OC. The molecule has 0 saturated heterocycles. The largest absolute Gasteiger partial charge is 0.493 e. The molecule has 10 nitrogen and oxygen atoms in total. The zero-order valence-corrected chi connectivity index (χ0v) is 21.8. The number of fused-ring (bicyclic) bond motifs is 3. The third kappa shape index (κ3) is 4.28. The Kier molecular flexibility index (Phi) is 6.64. The van der Waals surface area contributed by atoms with Gasteiger partial charge in [-0.3, -0.25) is 14.2 Å². The fourth-order valence-corrected chi connectivity index (χ4v) is 4.65.